The second-order valence-corrected chi connectivity index (χ2v) is 6.77. The molecular formula is C18H27N3O4. The number of nitrogens with zero attached hydrogens (tertiary/aromatic N) is 2. The number of rotatable bonds is 7. The molecule has 2 N–H and O–H groups in total. The summed E-state index contributed by atoms with van der Waals surface area (Å²) in [6, 6.07) is 3.62. The zero-order valence-electron chi connectivity index (χ0n) is 14.7. The van der Waals surface area contributed by atoms with Gasteiger partial charge < -0.3 is 19.9 Å². The number of ether oxygens (including phenoxy) is 2. The first-order valence-corrected chi connectivity index (χ1v) is 8.93. The summed E-state index contributed by atoms with van der Waals surface area (Å²) in [5.74, 6) is 0.834. The standard InChI is InChI=1S/C18H27N3O4/c1-24-17-3-2-13(12-19-17)18(14-10-15(22)11-14)20-16(23)4-5-21-6-8-25-9-7-21/h2-3,12,14-15,18,22H,4-11H2,1H3,(H,20,23). The van der Waals surface area contributed by atoms with Crippen LogP contribution in [0.4, 0.5) is 0 Å². The Hall–Kier alpha value is -1.70. The molecule has 7 nitrogen and oxygen atoms in total. The Morgan fingerprint density at radius 2 is 2.20 bits per heavy atom. The number of pyridine rings is 1. The molecule has 138 valence electrons. The van der Waals surface area contributed by atoms with Gasteiger partial charge >= 0.3 is 0 Å². The molecule has 1 aromatic rings. The first-order valence-electron chi connectivity index (χ1n) is 8.93. The number of methoxy groups -OCH3 is 1. The number of amides is 1. The molecule has 0 radical (unpaired) electrons. The van der Waals surface area contributed by atoms with Crippen molar-refractivity contribution in [1.29, 1.82) is 0 Å². The molecule has 1 saturated carbocycles. The van der Waals surface area contributed by atoms with E-state index in [2.05, 4.69) is 15.2 Å². The molecule has 25 heavy (non-hydrogen) atoms. The van der Waals surface area contributed by atoms with E-state index in [0.29, 0.717) is 25.1 Å². The minimum atomic E-state index is -0.260. The van der Waals surface area contributed by atoms with E-state index in [9.17, 15) is 9.90 Å². The SMILES string of the molecule is COc1ccc(C(NC(=O)CCN2CCOCC2)C2CC(O)C2)cn1. The highest BCUT2D eigenvalue weighted by atomic mass is 16.5. The van der Waals surface area contributed by atoms with Crippen LogP contribution < -0.4 is 10.1 Å². The zero-order valence-corrected chi connectivity index (χ0v) is 14.7. The van der Waals surface area contributed by atoms with Gasteiger partial charge in [-0.3, -0.25) is 9.69 Å². The zero-order chi connectivity index (χ0) is 17.6. The van der Waals surface area contributed by atoms with Gasteiger partial charge in [-0.15, -0.1) is 0 Å². The highest BCUT2D eigenvalue weighted by Gasteiger charge is 2.35. The fraction of sp³-hybridized carbons (Fsp3) is 0.667. The number of aliphatic hydroxyl groups is 1. The lowest BCUT2D eigenvalue weighted by Gasteiger charge is -2.38. The van der Waals surface area contributed by atoms with E-state index in [-0.39, 0.29) is 24.0 Å². The van der Waals surface area contributed by atoms with Crippen LogP contribution in [0, 0.1) is 5.92 Å². The van der Waals surface area contributed by atoms with Gasteiger partial charge in [-0.2, -0.15) is 0 Å². The second-order valence-electron chi connectivity index (χ2n) is 6.77. The predicted molar refractivity (Wildman–Crippen MR) is 92.3 cm³/mol. The third kappa shape index (κ3) is 4.90. The minimum Gasteiger partial charge on any atom is -0.481 e. The molecule has 0 aromatic carbocycles. The molecule has 7 heteroatoms. The molecule has 1 atom stereocenters. The smallest absolute Gasteiger partial charge is 0.221 e. The van der Waals surface area contributed by atoms with Gasteiger partial charge in [0.25, 0.3) is 0 Å². The average molecular weight is 349 g/mol. The van der Waals surface area contributed by atoms with Gasteiger partial charge in [0.15, 0.2) is 0 Å². The van der Waals surface area contributed by atoms with E-state index in [0.717, 1.165) is 38.4 Å². The number of aliphatic hydroxyl groups excluding tert-OH is 1. The summed E-state index contributed by atoms with van der Waals surface area (Å²) in [6.07, 6.45) is 3.37. The molecule has 0 bridgehead atoms. The van der Waals surface area contributed by atoms with Crippen molar-refractivity contribution in [2.75, 3.05) is 40.0 Å². The van der Waals surface area contributed by atoms with Crippen LogP contribution in [0.2, 0.25) is 0 Å². The summed E-state index contributed by atoms with van der Waals surface area (Å²) in [5.41, 5.74) is 0.956. The summed E-state index contributed by atoms with van der Waals surface area (Å²) in [5, 5.41) is 12.8. The molecule has 3 rings (SSSR count). The Labute approximate surface area is 148 Å². The topological polar surface area (TPSA) is 83.9 Å². The van der Waals surface area contributed by atoms with Crippen LogP contribution in [0.1, 0.15) is 30.9 Å². The highest BCUT2D eigenvalue weighted by Crippen LogP contribution is 2.38. The molecule has 1 aliphatic carbocycles. The second kappa shape index (κ2) is 8.60. The number of aromatic nitrogens is 1. The van der Waals surface area contributed by atoms with Crippen molar-refractivity contribution in [3.05, 3.63) is 23.9 Å². The van der Waals surface area contributed by atoms with Crippen molar-refractivity contribution in [2.24, 2.45) is 5.92 Å². The molecule has 1 unspecified atom stereocenters. The van der Waals surface area contributed by atoms with Crippen LogP contribution in [-0.4, -0.2) is 67.0 Å². The van der Waals surface area contributed by atoms with Gasteiger partial charge in [0, 0.05) is 38.3 Å². The lowest BCUT2D eigenvalue weighted by Crippen LogP contribution is -2.43. The Bertz CT molecular complexity index is 554. The van der Waals surface area contributed by atoms with E-state index in [1.165, 1.54) is 0 Å². The normalized spacial score (nSPS) is 25.0. The minimum absolute atomic E-state index is 0.0358. The number of hydrogen-bond donors (Lipinski definition) is 2. The van der Waals surface area contributed by atoms with Crippen LogP contribution in [0.25, 0.3) is 0 Å². The van der Waals surface area contributed by atoms with Crippen molar-refractivity contribution in [3.63, 3.8) is 0 Å². The number of hydrogen-bond acceptors (Lipinski definition) is 6. The summed E-state index contributed by atoms with van der Waals surface area (Å²) < 4.78 is 10.4. The largest absolute Gasteiger partial charge is 0.481 e. The first-order chi connectivity index (χ1) is 12.2. The Morgan fingerprint density at radius 1 is 1.44 bits per heavy atom. The Balaban J connectivity index is 1.57. The predicted octanol–water partition coefficient (Wildman–Crippen LogP) is 0.741. The quantitative estimate of drug-likeness (QED) is 0.755. The molecule has 1 aromatic heterocycles. The summed E-state index contributed by atoms with van der Waals surface area (Å²) in [4.78, 5) is 18.9. The lowest BCUT2D eigenvalue weighted by molar-refractivity contribution is -0.123. The molecule has 1 aliphatic heterocycles. The van der Waals surface area contributed by atoms with Crippen LogP contribution in [-0.2, 0) is 9.53 Å². The number of carbonyl (C=O) groups is 1. The van der Waals surface area contributed by atoms with Gasteiger partial charge in [0.1, 0.15) is 0 Å². The average Bonchev–Trinajstić information content (AvgIpc) is 2.63. The highest BCUT2D eigenvalue weighted by molar-refractivity contribution is 5.76. The van der Waals surface area contributed by atoms with Crippen molar-refractivity contribution >= 4 is 5.91 Å². The van der Waals surface area contributed by atoms with Crippen LogP contribution in [0.3, 0.4) is 0 Å². The van der Waals surface area contributed by atoms with E-state index < -0.39 is 0 Å². The Morgan fingerprint density at radius 3 is 2.80 bits per heavy atom. The summed E-state index contributed by atoms with van der Waals surface area (Å²) in [7, 11) is 1.58. The molecular weight excluding hydrogens is 322 g/mol. The molecule has 1 amide bonds. The fourth-order valence-electron chi connectivity index (χ4n) is 3.40. The van der Waals surface area contributed by atoms with Gasteiger partial charge in [-0.25, -0.2) is 4.98 Å². The first kappa shape index (κ1) is 18.1. The monoisotopic (exact) mass is 349 g/mol. The molecule has 2 heterocycles. The van der Waals surface area contributed by atoms with Crippen molar-refractivity contribution in [1.82, 2.24) is 15.2 Å². The molecule has 2 aliphatic rings. The van der Waals surface area contributed by atoms with Crippen LogP contribution in [0.5, 0.6) is 5.88 Å². The van der Waals surface area contributed by atoms with Crippen molar-refractivity contribution in [3.8, 4) is 5.88 Å². The van der Waals surface area contributed by atoms with Crippen LogP contribution >= 0.6 is 0 Å². The maximum absolute atomic E-state index is 12.4. The van der Waals surface area contributed by atoms with E-state index >= 15 is 0 Å². The van der Waals surface area contributed by atoms with Crippen molar-refractivity contribution < 1.29 is 19.4 Å². The number of carbonyl (C=O) groups excluding carboxylic acids is 1. The number of morpholine rings is 1. The fourth-order valence-corrected chi connectivity index (χ4v) is 3.40. The maximum Gasteiger partial charge on any atom is 0.221 e. The van der Waals surface area contributed by atoms with Crippen molar-refractivity contribution in [2.45, 2.75) is 31.4 Å². The van der Waals surface area contributed by atoms with Crippen LogP contribution in [0.15, 0.2) is 18.3 Å². The van der Waals surface area contributed by atoms with Gasteiger partial charge in [0.2, 0.25) is 11.8 Å². The maximum atomic E-state index is 12.4. The van der Waals surface area contributed by atoms with Gasteiger partial charge in [-0.05, 0) is 24.3 Å². The van der Waals surface area contributed by atoms with E-state index in [1.807, 2.05) is 6.07 Å². The lowest BCUT2D eigenvalue weighted by atomic mass is 9.75. The molecule has 0 spiro atoms. The summed E-state index contributed by atoms with van der Waals surface area (Å²) in [6.45, 7) is 3.99. The number of nitrogens with one attached hydrogen (secondary N) is 1. The third-order valence-corrected chi connectivity index (χ3v) is 5.02. The van der Waals surface area contributed by atoms with Gasteiger partial charge in [-0.1, -0.05) is 6.07 Å². The van der Waals surface area contributed by atoms with E-state index in [4.69, 9.17) is 9.47 Å². The molecule has 1 saturated heterocycles. The van der Waals surface area contributed by atoms with E-state index in [1.54, 1.807) is 19.4 Å². The third-order valence-electron chi connectivity index (χ3n) is 5.02. The molecule has 2 fully saturated rings. The Kier molecular flexibility index (Phi) is 6.23. The van der Waals surface area contributed by atoms with Gasteiger partial charge in [0.05, 0.1) is 32.5 Å². The summed E-state index contributed by atoms with van der Waals surface area (Å²) >= 11 is 0.